The second kappa shape index (κ2) is 10.6. The summed E-state index contributed by atoms with van der Waals surface area (Å²) in [5.74, 6) is 0.347. The van der Waals surface area contributed by atoms with Crippen LogP contribution in [0, 0.1) is 5.92 Å². The largest absolute Gasteiger partial charge is 0.482 e. The van der Waals surface area contributed by atoms with Gasteiger partial charge in [0, 0.05) is 25.4 Å². The summed E-state index contributed by atoms with van der Waals surface area (Å²) >= 11 is 0. The number of aliphatic carboxylic acids is 1. The third-order valence-corrected chi connectivity index (χ3v) is 5.03. The molecule has 0 bridgehead atoms. The van der Waals surface area contributed by atoms with Gasteiger partial charge < -0.3 is 24.8 Å². The number of hydrogen-bond donors (Lipinski definition) is 2. The summed E-state index contributed by atoms with van der Waals surface area (Å²) in [6, 6.07) is 7.65. The molecule has 2 N–H and O–H groups in total. The Morgan fingerprint density at radius 3 is 2.38 bits per heavy atom. The zero-order valence-electron chi connectivity index (χ0n) is 15.1. The molecule has 1 aromatic rings. The van der Waals surface area contributed by atoms with Crippen molar-refractivity contribution in [1.82, 2.24) is 5.32 Å². The van der Waals surface area contributed by atoms with Crippen LogP contribution in [-0.2, 0) is 9.53 Å². The summed E-state index contributed by atoms with van der Waals surface area (Å²) in [6.07, 6.45) is 4.96. The van der Waals surface area contributed by atoms with Crippen LogP contribution in [0.4, 0.5) is 5.69 Å². The fraction of sp³-hybridized carbons (Fsp3) is 0.632. The van der Waals surface area contributed by atoms with E-state index in [0.29, 0.717) is 11.9 Å². The minimum Gasteiger partial charge on any atom is -0.482 e. The van der Waals surface area contributed by atoms with Crippen LogP contribution in [0.3, 0.4) is 0 Å². The minimum atomic E-state index is -0.962. The molecule has 2 fully saturated rings. The SMILES string of the molecule is Cl.O=C(O)COc1ccc(N2CCC(OCC3CCNCC3)CC2)cc1. The molecule has 0 amide bonds. The number of rotatable bonds is 7. The number of hydrogen-bond acceptors (Lipinski definition) is 5. The van der Waals surface area contributed by atoms with Gasteiger partial charge in [-0.1, -0.05) is 0 Å². The molecule has 26 heavy (non-hydrogen) atoms. The van der Waals surface area contributed by atoms with E-state index in [1.807, 2.05) is 24.3 Å². The molecule has 0 unspecified atom stereocenters. The first-order chi connectivity index (χ1) is 12.2. The zero-order chi connectivity index (χ0) is 17.5. The lowest BCUT2D eigenvalue weighted by molar-refractivity contribution is -0.139. The normalized spacial score (nSPS) is 19.0. The minimum absolute atomic E-state index is 0. The van der Waals surface area contributed by atoms with Crippen molar-refractivity contribution in [2.45, 2.75) is 31.8 Å². The Kier molecular flexibility index (Phi) is 8.48. The van der Waals surface area contributed by atoms with Gasteiger partial charge in [0.05, 0.1) is 6.10 Å². The number of nitrogens with one attached hydrogen (secondary N) is 1. The van der Waals surface area contributed by atoms with E-state index < -0.39 is 5.97 Å². The summed E-state index contributed by atoms with van der Waals surface area (Å²) in [7, 11) is 0. The molecule has 3 rings (SSSR count). The van der Waals surface area contributed by atoms with Gasteiger partial charge in [0.15, 0.2) is 6.61 Å². The molecule has 2 aliphatic heterocycles. The van der Waals surface area contributed by atoms with E-state index in [4.69, 9.17) is 14.6 Å². The van der Waals surface area contributed by atoms with Crippen LogP contribution >= 0.6 is 12.4 Å². The maximum atomic E-state index is 10.5. The lowest BCUT2D eigenvalue weighted by Crippen LogP contribution is -2.38. The fourth-order valence-electron chi connectivity index (χ4n) is 3.50. The van der Waals surface area contributed by atoms with Crippen LogP contribution in [0.2, 0.25) is 0 Å². The maximum Gasteiger partial charge on any atom is 0.341 e. The van der Waals surface area contributed by atoms with Crippen molar-refractivity contribution in [3.8, 4) is 5.75 Å². The molecule has 0 aromatic heterocycles. The highest BCUT2D eigenvalue weighted by molar-refractivity contribution is 5.85. The van der Waals surface area contributed by atoms with Crippen LogP contribution in [0.15, 0.2) is 24.3 Å². The van der Waals surface area contributed by atoms with E-state index in [2.05, 4.69) is 10.2 Å². The van der Waals surface area contributed by atoms with Gasteiger partial charge in [-0.2, -0.15) is 0 Å². The molecule has 0 radical (unpaired) electrons. The molecular weight excluding hydrogens is 356 g/mol. The molecule has 146 valence electrons. The van der Waals surface area contributed by atoms with Crippen LogP contribution in [0.1, 0.15) is 25.7 Å². The molecule has 7 heteroatoms. The highest BCUT2D eigenvalue weighted by Crippen LogP contribution is 2.24. The van der Waals surface area contributed by atoms with E-state index in [0.717, 1.165) is 57.2 Å². The Morgan fingerprint density at radius 1 is 1.12 bits per heavy atom. The molecule has 0 atom stereocenters. The molecule has 1 aromatic carbocycles. The standard InChI is InChI=1S/C19H28N2O4.ClH/c22-19(23)14-25-17-3-1-16(2-4-17)21-11-7-18(8-12-21)24-13-15-5-9-20-10-6-15;/h1-4,15,18,20H,5-14H2,(H,22,23);1H. The van der Waals surface area contributed by atoms with Crippen molar-refractivity contribution in [3.63, 3.8) is 0 Å². The zero-order valence-corrected chi connectivity index (χ0v) is 15.9. The summed E-state index contributed by atoms with van der Waals surface area (Å²) in [5, 5.41) is 12.0. The second-order valence-electron chi connectivity index (χ2n) is 6.89. The molecule has 0 spiro atoms. The van der Waals surface area contributed by atoms with Crippen LogP contribution < -0.4 is 15.0 Å². The predicted molar refractivity (Wildman–Crippen MR) is 104 cm³/mol. The Hall–Kier alpha value is -1.50. The van der Waals surface area contributed by atoms with E-state index in [-0.39, 0.29) is 19.0 Å². The van der Waals surface area contributed by atoms with Gasteiger partial charge in [-0.3, -0.25) is 0 Å². The summed E-state index contributed by atoms with van der Waals surface area (Å²) in [4.78, 5) is 12.9. The molecular formula is C19H29ClN2O4. The predicted octanol–water partition coefficient (Wildman–Crippen LogP) is 2.56. The lowest BCUT2D eigenvalue weighted by atomic mass is 9.99. The van der Waals surface area contributed by atoms with Gasteiger partial charge in [-0.25, -0.2) is 4.79 Å². The van der Waals surface area contributed by atoms with Gasteiger partial charge in [-0.05, 0) is 69.0 Å². The van der Waals surface area contributed by atoms with Crippen molar-refractivity contribution < 1.29 is 19.4 Å². The fourth-order valence-corrected chi connectivity index (χ4v) is 3.50. The molecule has 0 aliphatic carbocycles. The van der Waals surface area contributed by atoms with Gasteiger partial charge >= 0.3 is 5.97 Å². The topological polar surface area (TPSA) is 71.0 Å². The Balaban J connectivity index is 0.00000243. The number of carboxylic acid groups (broad SMARTS) is 1. The number of carbonyl (C=O) groups is 1. The molecule has 6 nitrogen and oxygen atoms in total. The van der Waals surface area contributed by atoms with E-state index in [1.54, 1.807) is 0 Å². The van der Waals surface area contributed by atoms with Crippen LogP contribution in [0.5, 0.6) is 5.75 Å². The van der Waals surface area contributed by atoms with E-state index >= 15 is 0 Å². The van der Waals surface area contributed by atoms with Crippen molar-refractivity contribution in [3.05, 3.63) is 24.3 Å². The Morgan fingerprint density at radius 2 is 1.77 bits per heavy atom. The summed E-state index contributed by atoms with van der Waals surface area (Å²) < 4.78 is 11.3. The smallest absolute Gasteiger partial charge is 0.341 e. The van der Waals surface area contributed by atoms with Gasteiger partial charge in [0.1, 0.15) is 5.75 Å². The van der Waals surface area contributed by atoms with Gasteiger partial charge in [-0.15, -0.1) is 12.4 Å². The monoisotopic (exact) mass is 384 g/mol. The first-order valence-corrected chi connectivity index (χ1v) is 9.22. The molecule has 2 aliphatic rings. The molecule has 0 saturated carbocycles. The van der Waals surface area contributed by atoms with Gasteiger partial charge in [0.25, 0.3) is 0 Å². The summed E-state index contributed by atoms with van der Waals surface area (Å²) in [5.41, 5.74) is 1.15. The first kappa shape index (κ1) is 20.8. The Labute approximate surface area is 161 Å². The maximum absolute atomic E-state index is 10.5. The third-order valence-electron chi connectivity index (χ3n) is 5.03. The second-order valence-corrected chi connectivity index (χ2v) is 6.89. The van der Waals surface area contributed by atoms with E-state index in [1.165, 1.54) is 12.8 Å². The number of piperidine rings is 2. The molecule has 2 saturated heterocycles. The molecule has 2 heterocycles. The van der Waals surface area contributed by atoms with Crippen LogP contribution in [-0.4, -0.2) is 56.6 Å². The summed E-state index contributed by atoms with van der Waals surface area (Å²) in [6.45, 7) is 4.83. The average Bonchev–Trinajstić information content (AvgIpc) is 2.66. The first-order valence-electron chi connectivity index (χ1n) is 9.22. The highest BCUT2D eigenvalue weighted by atomic mass is 35.5. The number of nitrogens with zero attached hydrogens (tertiary/aromatic N) is 1. The number of halogens is 1. The third kappa shape index (κ3) is 6.34. The number of carboxylic acids is 1. The lowest BCUT2D eigenvalue weighted by Gasteiger charge is -2.34. The number of ether oxygens (including phenoxy) is 2. The van der Waals surface area contributed by atoms with Crippen molar-refractivity contribution in [1.29, 1.82) is 0 Å². The quantitative estimate of drug-likeness (QED) is 0.752. The highest BCUT2D eigenvalue weighted by Gasteiger charge is 2.22. The average molecular weight is 385 g/mol. The van der Waals surface area contributed by atoms with Crippen molar-refractivity contribution in [2.24, 2.45) is 5.92 Å². The van der Waals surface area contributed by atoms with Crippen molar-refractivity contribution >= 4 is 24.1 Å². The number of benzene rings is 1. The van der Waals surface area contributed by atoms with E-state index in [9.17, 15) is 4.79 Å². The van der Waals surface area contributed by atoms with Gasteiger partial charge in [0.2, 0.25) is 0 Å². The number of anilines is 1. The van der Waals surface area contributed by atoms with Crippen molar-refractivity contribution in [2.75, 3.05) is 44.3 Å². The van der Waals surface area contributed by atoms with Crippen LogP contribution in [0.25, 0.3) is 0 Å². The Bertz CT molecular complexity index is 541.